The summed E-state index contributed by atoms with van der Waals surface area (Å²) < 4.78 is 13.2. The number of nitrogens with two attached hydrogens (primary N) is 1. The molecule has 1 aliphatic heterocycles. The molecule has 1 aromatic carbocycles. The summed E-state index contributed by atoms with van der Waals surface area (Å²) in [6.45, 7) is 6.48. The number of fused-ring (bicyclic) bond motifs is 2. The van der Waals surface area contributed by atoms with Crippen molar-refractivity contribution in [3.05, 3.63) is 72.0 Å². The van der Waals surface area contributed by atoms with Gasteiger partial charge in [-0.3, -0.25) is 0 Å². The van der Waals surface area contributed by atoms with Crippen LogP contribution in [0.3, 0.4) is 0 Å². The summed E-state index contributed by atoms with van der Waals surface area (Å²) in [6, 6.07) is 10.9. The van der Waals surface area contributed by atoms with Crippen LogP contribution in [0.1, 0.15) is 32.9 Å². The van der Waals surface area contributed by atoms with E-state index >= 15 is 0 Å². The molecule has 0 spiro atoms. The van der Waals surface area contributed by atoms with Gasteiger partial charge in [-0.25, -0.2) is 29.2 Å². The maximum absolute atomic E-state index is 12.5. The van der Waals surface area contributed by atoms with Crippen LogP contribution >= 0.6 is 11.6 Å². The number of pyridine rings is 2. The van der Waals surface area contributed by atoms with Crippen molar-refractivity contribution >= 4 is 45.6 Å². The Morgan fingerprint density at radius 1 is 1.07 bits per heavy atom. The first kappa shape index (κ1) is 26.5. The Morgan fingerprint density at radius 2 is 1.93 bits per heavy atom. The van der Waals surface area contributed by atoms with Crippen LogP contribution in [-0.2, 0) is 4.74 Å². The number of nitrogens with zero attached hydrogens (tertiary/aromatic N) is 7. The van der Waals surface area contributed by atoms with Gasteiger partial charge >= 0.3 is 6.09 Å². The minimum Gasteiger partial charge on any atom is -0.456 e. The quantitative estimate of drug-likeness (QED) is 0.285. The molecular weight excluding hydrogens is 544 g/mol. The second kappa shape index (κ2) is 10.3. The van der Waals surface area contributed by atoms with Crippen molar-refractivity contribution in [3.8, 4) is 22.8 Å². The minimum absolute atomic E-state index is 0.337. The van der Waals surface area contributed by atoms with E-state index in [1.54, 1.807) is 39.9 Å². The topological polar surface area (TPSA) is 134 Å². The molecule has 1 amide bonds. The molecular formula is C29H27ClN8O3. The van der Waals surface area contributed by atoms with Gasteiger partial charge < -0.3 is 20.1 Å². The summed E-state index contributed by atoms with van der Waals surface area (Å²) in [6.07, 6.45) is 6.91. The van der Waals surface area contributed by atoms with E-state index < -0.39 is 5.60 Å². The highest BCUT2D eigenvalue weighted by molar-refractivity contribution is 6.32. The Hall–Kier alpha value is -4.77. The molecule has 12 heteroatoms. The molecule has 41 heavy (non-hydrogen) atoms. The van der Waals surface area contributed by atoms with Crippen molar-refractivity contribution in [2.45, 2.75) is 32.8 Å². The first-order chi connectivity index (χ1) is 19.6. The van der Waals surface area contributed by atoms with Gasteiger partial charge in [0.1, 0.15) is 41.1 Å². The molecule has 11 nitrogen and oxygen atoms in total. The van der Waals surface area contributed by atoms with Crippen LogP contribution in [0.25, 0.3) is 33.4 Å². The Bertz CT molecular complexity index is 1830. The minimum atomic E-state index is -0.555. The van der Waals surface area contributed by atoms with Gasteiger partial charge in [0.05, 0.1) is 16.4 Å². The average Bonchev–Trinajstić information content (AvgIpc) is 3.41. The monoisotopic (exact) mass is 570 g/mol. The van der Waals surface area contributed by atoms with E-state index in [1.165, 1.54) is 12.7 Å². The lowest BCUT2D eigenvalue weighted by atomic mass is 10.0. The fraction of sp³-hybridized carbons (Fsp3) is 0.241. The summed E-state index contributed by atoms with van der Waals surface area (Å²) in [7, 11) is 0. The van der Waals surface area contributed by atoms with Crippen LogP contribution in [0.2, 0.25) is 5.02 Å². The molecule has 0 fully saturated rings. The van der Waals surface area contributed by atoms with E-state index in [1.807, 2.05) is 39.0 Å². The molecule has 0 atom stereocenters. The Balaban J connectivity index is 1.32. The van der Waals surface area contributed by atoms with Crippen molar-refractivity contribution < 1.29 is 14.3 Å². The Labute approximate surface area is 240 Å². The number of hydrogen-bond donors (Lipinski definition) is 1. The lowest BCUT2D eigenvalue weighted by molar-refractivity contribution is 0.0270. The molecule has 1 aliphatic rings. The Morgan fingerprint density at radius 3 is 2.68 bits per heavy atom. The zero-order valence-electron chi connectivity index (χ0n) is 22.7. The molecule has 0 saturated heterocycles. The van der Waals surface area contributed by atoms with Gasteiger partial charge in [-0.05, 0) is 63.1 Å². The van der Waals surface area contributed by atoms with Crippen LogP contribution in [0.4, 0.5) is 10.6 Å². The fourth-order valence-electron chi connectivity index (χ4n) is 4.56. The average molecular weight is 571 g/mol. The standard InChI is InChI=1S/C29H27ClN8O3/c1-29(2,3)41-28(39)37-9-6-17(7-10-37)22-14-20-26(33-15-34-27(20)31)25(36-22)18-4-5-23(21(30)12-18)40-19-8-11-38-24(13-19)32-16-35-38/h4-6,8,11-16H,7,9-10H2,1-3H3,(H2,31,33,34). The number of carbonyl (C=O) groups excluding carboxylic acids is 1. The third kappa shape index (κ3) is 5.48. The smallest absolute Gasteiger partial charge is 0.410 e. The van der Waals surface area contributed by atoms with Gasteiger partial charge in [-0.1, -0.05) is 17.7 Å². The van der Waals surface area contributed by atoms with Crippen LogP contribution in [0.5, 0.6) is 11.5 Å². The van der Waals surface area contributed by atoms with Crippen LogP contribution in [0, 0.1) is 0 Å². The number of carbonyl (C=O) groups is 1. The first-order valence-corrected chi connectivity index (χ1v) is 13.4. The third-order valence-electron chi connectivity index (χ3n) is 6.53. The van der Waals surface area contributed by atoms with Gasteiger partial charge in [0.25, 0.3) is 0 Å². The van der Waals surface area contributed by atoms with E-state index in [-0.39, 0.29) is 6.09 Å². The van der Waals surface area contributed by atoms with Crippen LogP contribution < -0.4 is 10.5 Å². The Kier molecular flexibility index (Phi) is 6.66. The normalized spacial score (nSPS) is 13.9. The predicted octanol–water partition coefficient (Wildman–Crippen LogP) is 5.79. The molecule has 6 rings (SSSR count). The molecule has 4 aromatic heterocycles. The lowest BCUT2D eigenvalue weighted by Crippen LogP contribution is -2.39. The second-order valence-electron chi connectivity index (χ2n) is 10.6. The third-order valence-corrected chi connectivity index (χ3v) is 6.82. The van der Waals surface area contributed by atoms with Crippen molar-refractivity contribution in [2.75, 3.05) is 18.8 Å². The summed E-state index contributed by atoms with van der Waals surface area (Å²) in [5.41, 5.74) is 10.1. The summed E-state index contributed by atoms with van der Waals surface area (Å²) in [5.74, 6) is 1.41. The number of aromatic nitrogens is 6. The summed E-state index contributed by atoms with van der Waals surface area (Å²) in [4.78, 5) is 32.0. The number of halogens is 1. The largest absolute Gasteiger partial charge is 0.456 e. The number of rotatable bonds is 4. The molecule has 5 heterocycles. The predicted molar refractivity (Wildman–Crippen MR) is 156 cm³/mol. The zero-order chi connectivity index (χ0) is 28.7. The van der Waals surface area contributed by atoms with E-state index in [2.05, 4.69) is 20.1 Å². The molecule has 5 aromatic rings. The van der Waals surface area contributed by atoms with Crippen LogP contribution in [-0.4, -0.2) is 59.2 Å². The van der Waals surface area contributed by atoms with Crippen molar-refractivity contribution in [1.29, 1.82) is 0 Å². The highest BCUT2D eigenvalue weighted by Gasteiger charge is 2.25. The number of nitrogen functional groups attached to an aromatic ring is 1. The molecule has 0 radical (unpaired) electrons. The number of benzene rings is 1. The fourth-order valence-corrected chi connectivity index (χ4v) is 4.78. The van der Waals surface area contributed by atoms with Gasteiger partial charge in [0, 0.05) is 36.3 Å². The van der Waals surface area contributed by atoms with Crippen molar-refractivity contribution in [2.24, 2.45) is 0 Å². The van der Waals surface area contributed by atoms with Gasteiger partial charge in [0.15, 0.2) is 5.65 Å². The summed E-state index contributed by atoms with van der Waals surface area (Å²) in [5, 5.41) is 5.18. The number of ether oxygens (including phenoxy) is 2. The van der Waals surface area contributed by atoms with E-state index in [9.17, 15) is 4.79 Å². The second-order valence-corrected chi connectivity index (χ2v) is 11.0. The number of hydrogen-bond acceptors (Lipinski definition) is 9. The molecule has 2 N–H and O–H groups in total. The molecule has 0 unspecified atom stereocenters. The van der Waals surface area contributed by atoms with E-state index in [4.69, 9.17) is 31.8 Å². The number of amides is 1. The van der Waals surface area contributed by atoms with Gasteiger partial charge in [0.2, 0.25) is 0 Å². The van der Waals surface area contributed by atoms with Crippen LogP contribution in [0.15, 0.2) is 61.3 Å². The van der Waals surface area contributed by atoms with Crippen molar-refractivity contribution in [3.63, 3.8) is 0 Å². The van der Waals surface area contributed by atoms with Gasteiger partial charge in [-0.2, -0.15) is 5.10 Å². The number of anilines is 1. The van der Waals surface area contributed by atoms with Crippen molar-refractivity contribution in [1.82, 2.24) is 34.4 Å². The maximum atomic E-state index is 12.5. The van der Waals surface area contributed by atoms with E-state index in [0.29, 0.717) is 64.1 Å². The molecule has 0 aliphatic carbocycles. The molecule has 0 saturated carbocycles. The highest BCUT2D eigenvalue weighted by atomic mass is 35.5. The van der Waals surface area contributed by atoms with Gasteiger partial charge in [-0.15, -0.1) is 0 Å². The maximum Gasteiger partial charge on any atom is 0.410 e. The molecule has 208 valence electrons. The first-order valence-electron chi connectivity index (χ1n) is 13.0. The molecule has 0 bridgehead atoms. The zero-order valence-corrected chi connectivity index (χ0v) is 23.5. The SMILES string of the molecule is CC(C)(C)OC(=O)N1CC=C(c2cc3c(N)ncnc3c(-c3ccc(Oc4ccn5ncnc5c4)c(Cl)c3)n2)CC1. The lowest BCUT2D eigenvalue weighted by Gasteiger charge is -2.29. The summed E-state index contributed by atoms with van der Waals surface area (Å²) >= 11 is 6.68. The highest BCUT2D eigenvalue weighted by Crippen LogP contribution is 2.37. The van der Waals surface area contributed by atoms with E-state index in [0.717, 1.165) is 16.8 Å².